The molecule has 0 spiro atoms. The van der Waals surface area contributed by atoms with Crippen molar-refractivity contribution >= 4 is 17.6 Å². The minimum absolute atomic E-state index is 0.101. The van der Waals surface area contributed by atoms with E-state index in [4.69, 9.17) is 9.47 Å². The van der Waals surface area contributed by atoms with Gasteiger partial charge in [-0.25, -0.2) is 4.79 Å². The maximum atomic E-state index is 12.4. The second-order valence-corrected chi connectivity index (χ2v) is 6.44. The molecule has 0 radical (unpaired) electrons. The van der Waals surface area contributed by atoms with Gasteiger partial charge in [0.25, 0.3) is 5.91 Å². The molecular formula is C20H24N4O4. The van der Waals surface area contributed by atoms with Gasteiger partial charge in [-0.3, -0.25) is 9.78 Å². The highest BCUT2D eigenvalue weighted by Gasteiger charge is 2.23. The van der Waals surface area contributed by atoms with Gasteiger partial charge in [0, 0.05) is 43.8 Å². The molecule has 1 aromatic heterocycles. The van der Waals surface area contributed by atoms with Crippen molar-refractivity contribution in [3.05, 3.63) is 59.9 Å². The maximum absolute atomic E-state index is 12.4. The Morgan fingerprint density at radius 1 is 1.29 bits per heavy atom. The first-order chi connectivity index (χ1) is 13.7. The molecule has 1 aliphatic rings. The average Bonchev–Trinajstić information content (AvgIpc) is 2.73. The van der Waals surface area contributed by atoms with Gasteiger partial charge in [-0.15, -0.1) is 0 Å². The lowest BCUT2D eigenvalue weighted by atomic mass is 10.2. The molecule has 1 unspecified atom stereocenters. The fourth-order valence-electron chi connectivity index (χ4n) is 2.95. The van der Waals surface area contributed by atoms with Crippen molar-refractivity contribution in [1.82, 2.24) is 15.2 Å². The monoisotopic (exact) mass is 384 g/mol. The number of benzene rings is 1. The first kappa shape index (κ1) is 19.8. The van der Waals surface area contributed by atoms with Gasteiger partial charge in [-0.1, -0.05) is 12.1 Å². The molecule has 8 nitrogen and oxygen atoms in total. The Hall–Kier alpha value is -2.97. The zero-order valence-electron chi connectivity index (χ0n) is 15.8. The van der Waals surface area contributed by atoms with Gasteiger partial charge in [0.2, 0.25) is 0 Å². The van der Waals surface area contributed by atoms with Crippen LogP contribution in [0.1, 0.15) is 15.9 Å². The molecular weight excluding hydrogens is 360 g/mol. The van der Waals surface area contributed by atoms with E-state index >= 15 is 0 Å². The molecule has 148 valence electrons. The molecule has 0 aliphatic carbocycles. The number of ether oxygens (including phenoxy) is 2. The molecule has 2 aromatic rings. The number of urea groups is 1. The lowest BCUT2D eigenvalue weighted by Crippen LogP contribution is -2.50. The number of nitrogens with zero attached hydrogens (tertiary/aromatic N) is 2. The van der Waals surface area contributed by atoms with Crippen LogP contribution in [0.3, 0.4) is 0 Å². The Kier molecular flexibility index (Phi) is 6.94. The van der Waals surface area contributed by atoms with Crippen LogP contribution in [0, 0.1) is 0 Å². The SMILES string of the molecule is COCC1CN(C(=O)NCc2cccc(NC(=O)c3ccncc3)c2)CCO1. The van der Waals surface area contributed by atoms with E-state index in [-0.39, 0.29) is 18.0 Å². The zero-order chi connectivity index (χ0) is 19.8. The molecule has 3 rings (SSSR count). The third-order valence-corrected chi connectivity index (χ3v) is 4.35. The Labute approximate surface area is 163 Å². The Bertz CT molecular complexity index is 798. The van der Waals surface area contributed by atoms with Crippen LogP contribution in [-0.2, 0) is 16.0 Å². The van der Waals surface area contributed by atoms with Crippen LogP contribution < -0.4 is 10.6 Å². The molecule has 1 atom stereocenters. The number of carbonyl (C=O) groups is 2. The number of aromatic nitrogens is 1. The number of methoxy groups -OCH3 is 1. The van der Waals surface area contributed by atoms with Crippen LogP contribution in [-0.4, -0.2) is 61.3 Å². The number of anilines is 1. The summed E-state index contributed by atoms with van der Waals surface area (Å²) in [6.07, 6.45) is 3.05. The number of rotatable bonds is 6. The fraction of sp³-hybridized carbons (Fsp3) is 0.350. The van der Waals surface area contributed by atoms with Gasteiger partial charge in [-0.05, 0) is 29.8 Å². The molecule has 1 aromatic carbocycles. The molecule has 1 saturated heterocycles. The minimum Gasteiger partial charge on any atom is -0.382 e. The Morgan fingerprint density at radius 3 is 2.89 bits per heavy atom. The predicted molar refractivity (Wildman–Crippen MR) is 104 cm³/mol. The maximum Gasteiger partial charge on any atom is 0.317 e. The van der Waals surface area contributed by atoms with Crippen molar-refractivity contribution < 1.29 is 19.1 Å². The first-order valence-corrected chi connectivity index (χ1v) is 9.09. The van der Waals surface area contributed by atoms with Gasteiger partial charge >= 0.3 is 6.03 Å². The van der Waals surface area contributed by atoms with Crippen LogP contribution >= 0.6 is 0 Å². The lowest BCUT2D eigenvalue weighted by molar-refractivity contribution is -0.0494. The third-order valence-electron chi connectivity index (χ3n) is 4.35. The molecule has 8 heteroatoms. The smallest absolute Gasteiger partial charge is 0.317 e. The number of pyridine rings is 1. The van der Waals surface area contributed by atoms with E-state index in [9.17, 15) is 9.59 Å². The molecule has 1 aliphatic heterocycles. The summed E-state index contributed by atoms with van der Waals surface area (Å²) in [4.78, 5) is 30.3. The number of carbonyl (C=O) groups excluding carboxylic acids is 2. The highest BCUT2D eigenvalue weighted by atomic mass is 16.5. The average molecular weight is 384 g/mol. The van der Waals surface area contributed by atoms with Gasteiger partial charge in [0.1, 0.15) is 0 Å². The molecule has 2 N–H and O–H groups in total. The minimum atomic E-state index is -0.207. The van der Waals surface area contributed by atoms with Gasteiger partial charge < -0.3 is 25.0 Å². The second-order valence-electron chi connectivity index (χ2n) is 6.44. The Balaban J connectivity index is 1.53. The quantitative estimate of drug-likeness (QED) is 0.793. The van der Waals surface area contributed by atoms with E-state index < -0.39 is 0 Å². The highest BCUT2D eigenvalue weighted by Crippen LogP contribution is 2.13. The second kappa shape index (κ2) is 9.82. The molecule has 0 bridgehead atoms. The van der Waals surface area contributed by atoms with Gasteiger partial charge in [-0.2, -0.15) is 0 Å². The van der Waals surface area contributed by atoms with E-state index in [0.717, 1.165) is 5.56 Å². The van der Waals surface area contributed by atoms with E-state index in [0.29, 0.717) is 44.1 Å². The van der Waals surface area contributed by atoms with E-state index in [1.54, 1.807) is 36.5 Å². The summed E-state index contributed by atoms with van der Waals surface area (Å²) in [5.41, 5.74) is 2.09. The fourth-order valence-corrected chi connectivity index (χ4v) is 2.95. The molecule has 2 heterocycles. The first-order valence-electron chi connectivity index (χ1n) is 9.09. The lowest BCUT2D eigenvalue weighted by Gasteiger charge is -2.32. The summed E-state index contributed by atoms with van der Waals surface area (Å²) in [5.74, 6) is -0.207. The number of hydrogen-bond acceptors (Lipinski definition) is 5. The van der Waals surface area contributed by atoms with Crippen molar-refractivity contribution in [3.8, 4) is 0 Å². The van der Waals surface area contributed by atoms with Crippen molar-refractivity contribution in [3.63, 3.8) is 0 Å². The van der Waals surface area contributed by atoms with Crippen molar-refractivity contribution in [2.24, 2.45) is 0 Å². The molecule has 0 saturated carbocycles. The van der Waals surface area contributed by atoms with E-state index in [2.05, 4.69) is 15.6 Å². The summed E-state index contributed by atoms with van der Waals surface area (Å²) >= 11 is 0. The van der Waals surface area contributed by atoms with Crippen molar-refractivity contribution in [1.29, 1.82) is 0 Å². The van der Waals surface area contributed by atoms with Crippen LogP contribution in [0.5, 0.6) is 0 Å². The van der Waals surface area contributed by atoms with Crippen LogP contribution in [0.25, 0.3) is 0 Å². The van der Waals surface area contributed by atoms with Gasteiger partial charge in [0.15, 0.2) is 0 Å². The summed E-state index contributed by atoms with van der Waals surface area (Å²) in [6.45, 7) is 2.38. The van der Waals surface area contributed by atoms with Crippen LogP contribution in [0.4, 0.5) is 10.5 Å². The summed E-state index contributed by atoms with van der Waals surface area (Å²) in [7, 11) is 1.61. The standard InChI is InChI=1S/C20H24N4O4/c1-27-14-18-13-24(9-10-28-18)20(26)22-12-15-3-2-4-17(11-15)23-19(25)16-5-7-21-8-6-16/h2-8,11,18H,9-10,12-14H2,1H3,(H,22,26)(H,23,25). The normalized spacial score (nSPS) is 16.5. The Morgan fingerprint density at radius 2 is 2.11 bits per heavy atom. The highest BCUT2D eigenvalue weighted by molar-refractivity contribution is 6.04. The largest absolute Gasteiger partial charge is 0.382 e. The predicted octanol–water partition coefficient (Wildman–Crippen LogP) is 1.89. The van der Waals surface area contributed by atoms with Crippen molar-refractivity contribution in [2.45, 2.75) is 12.6 Å². The van der Waals surface area contributed by atoms with Crippen molar-refractivity contribution in [2.75, 3.05) is 38.7 Å². The number of hydrogen-bond donors (Lipinski definition) is 2. The molecule has 28 heavy (non-hydrogen) atoms. The van der Waals surface area contributed by atoms with E-state index in [1.807, 2.05) is 24.3 Å². The zero-order valence-corrected chi connectivity index (χ0v) is 15.8. The van der Waals surface area contributed by atoms with E-state index in [1.165, 1.54) is 0 Å². The number of morpholine rings is 1. The summed E-state index contributed by atoms with van der Waals surface area (Å²) < 4.78 is 10.7. The number of amides is 3. The number of nitrogens with one attached hydrogen (secondary N) is 2. The molecule has 3 amide bonds. The topological polar surface area (TPSA) is 92.8 Å². The van der Waals surface area contributed by atoms with Crippen LogP contribution in [0.2, 0.25) is 0 Å². The van der Waals surface area contributed by atoms with Crippen LogP contribution in [0.15, 0.2) is 48.8 Å². The summed E-state index contributed by atoms with van der Waals surface area (Å²) in [5, 5.41) is 5.76. The van der Waals surface area contributed by atoms with Gasteiger partial charge in [0.05, 0.1) is 25.9 Å². The third kappa shape index (κ3) is 5.51. The molecule has 1 fully saturated rings. The summed E-state index contributed by atoms with van der Waals surface area (Å²) in [6, 6.07) is 10.5.